The van der Waals surface area contributed by atoms with Crippen LogP contribution < -0.4 is 14.5 Å². The smallest absolute Gasteiger partial charge is 0.260 e. The van der Waals surface area contributed by atoms with Gasteiger partial charge < -0.3 is 9.84 Å². The highest BCUT2D eigenvalue weighted by Gasteiger charge is 2.21. The summed E-state index contributed by atoms with van der Waals surface area (Å²) in [5.41, 5.74) is 3.91. The van der Waals surface area contributed by atoms with Crippen molar-refractivity contribution in [2.45, 2.75) is 6.92 Å². The summed E-state index contributed by atoms with van der Waals surface area (Å²) in [6, 6.07) is 9.25. The van der Waals surface area contributed by atoms with Crippen LogP contribution in [0.25, 0.3) is 0 Å². The number of halogens is 1. The van der Waals surface area contributed by atoms with Crippen LogP contribution in [0.3, 0.4) is 0 Å². The van der Waals surface area contributed by atoms with Gasteiger partial charge in [-0.1, -0.05) is 17.7 Å². The minimum Gasteiger partial charge on any atom is -0.504 e. The van der Waals surface area contributed by atoms with Crippen molar-refractivity contribution >= 4 is 39.4 Å². The van der Waals surface area contributed by atoms with E-state index >= 15 is 0 Å². The monoisotopic (exact) mass is 425 g/mol. The fourth-order valence-electron chi connectivity index (χ4n) is 2.26. The third-order valence-corrected chi connectivity index (χ3v) is 5.29. The van der Waals surface area contributed by atoms with Gasteiger partial charge in [-0.2, -0.15) is 5.10 Å². The van der Waals surface area contributed by atoms with Crippen LogP contribution >= 0.6 is 11.6 Å². The van der Waals surface area contributed by atoms with Gasteiger partial charge in [0.15, 0.2) is 11.5 Å². The van der Waals surface area contributed by atoms with Crippen LogP contribution in [0, 0.1) is 6.92 Å². The molecule has 0 atom stereocenters. The van der Waals surface area contributed by atoms with Gasteiger partial charge >= 0.3 is 0 Å². The molecule has 0 aliphatic heterocycles. The Morgan fingerprint density at radius 2 is 2.04 bits per heavy atom. The maximum Gasteiger partial charge on any atom is 0.260 e. The van der Waals surface area contributed by atoms with Gasteiger partial charge in [-0.3, -0.25) is 9.10 Å². The first-order valence-electron chi connectivity index (χ1n) is 8.04. The lowest BCUT2D eigenvalue weighted by atomic mass is 10.2. The average Bonchev–Trinajstić information content (AvgIpc) is 2.62. The molecule has 0 fully saturated rings. The number of benzene rings is 2. The maximum atomic E-state index is 12.2. The Hall–Kier alpha value is -2.78. The molecule has 0 aliphatic carbocycles. The summed E-state index contributed by atoms with van der Waals surface area (Å²) in [4.78, 5) is 12.2. The Bertz CT molecular complexity index is 1010. The molecule has 2 N–H and O–H groups in total. The highest BCUT2D eigenvalue weighted by atomic mass is 35.5. The van der Waals surface area contributed by atoms with E-state index < -0.39 is 22.5 Å². The van der Waals surface area contributed by atoms with Gasteiger partial charge in [0.05, 0.1) is 25.3 Å². The Labute approximate surface area is 168 Å². The van der Waals surface area contributed by atoms with Gasteiger partial charge in [-0.25, -0.2) is 13.8 Å². The van der Waals surface area contributed by atoms with Gasteiger partial charge in [0.25, 0.3) is 5.91 Å². The second-order valence-electron chi connectivity index (χ2n) is 5.93. The highest BCUT2D eigenvalue weighted by Crippen LogP contribution is 2.26. The van der Waals surface area contributed by atoms with Crippen molar-refractivity contribution in [3.8, 4) is 11.5 Å². The first-order valence-corrected chi connectivity index (χ1v) is 10.3. The van der Waals surface area contributed by atoms with Crippen LogP contribution in [0.15, 0.2) is 41.5 Å². The molecule has 28 heavy (non-hydrogen) atoms. The summed E-state index contributed by atoms with van der Waals surface area (Å²) in [6.07, 6.45) is 2.34. The van der Waals surface area contributed by atoms with Crippen molar-refractivity contribution in [3.05, 3.63) is 52.5 Å². The number of amides is 1. The number of hydrogen-bond donors (Lipinski definition) is 2. The van der Waals surface area contributed by atoms with Gasteiger partial charge in [0, 0.05) is 5.02 Å². The molecule has 0 saturated heterocycles. The Balaban J connectivity index is 2.11. The molecule has 0 aromatic heterocycles. The van der Waals surface area contributed by atoms with Crippen LogP contribution in [0.5, 0.6) is 11.5 Å². The zero-order chi connectivity index (χ0) is 20.9. The Morgan fingerprint density at radius 3 is 2.64 bits per heavy atom. The van der Waals surface area contributed by atoms with E-state index in [-0.39, 0.29) is 17.2 Å². The number of nitrogens with one attached hydrogen (secondary N) is 1. The average molecular weight is 426 g/mol. The second kappa shape index (κ2) is 8.94. The molecule has 0 aliphatic rings. The number of phenols is 1. The first kappa shape index (κ1) is 21.5. The third-order valence-electron chi connectivity index (χ3n) is 3.74. The molecule has 0 radical (unpaired) electrons. The Morgan fingerprint density at radius 1 is 1.32 bits per heavy atom. The van der Waals surface area contributed by atoms with Crippen LogP contribution in [-0.2, 0) is 14.8 Å². The van der Waals surface area contributed by atoms with Gasteiger partial charge in [0.2, 0.25) is 10.0 Å². The molecule has 2 aromatic rings. The van der Waals surface area contributed by atoms with Crippen molar-refractivity contribution in [2.75, 3.05) is 24.2 Å². The number of ether oxygens (including phenoxy) is 1. The summed E-state index contributed by atoms with van der Waals surface area (Å²) in [5.74, 6) is -0.400. The number of nitrogens with zero attached hydrogens (tertiary/aromatic N) is 2. The van der Waals surface area contributed by atoms with Gasteiger partial charge in [-0.15, -0.1) is 0 Å². The van der Waals surface area contributed by atoms with E-state index in [0.29, 0.717) is 10.6 Å². The van der Waals surface area contributed by atoms with Crippen LogP contribution in [0.4, 0.5) is 5.69 Å². The van der Waals surface area contributed by atoms with Gasteiger partial charge in [0.1, 0.15) is 6.54 Å². The van der Waals surface area contributed by atoms with Crippen LogP contribution in [0.2, 0.25) is 5.02 Å². The van der Waals surface area contributed by atoms with E-state index in [9.17, 15) is 18.3 Å². The summed E-state index contributed by atoms with van der Waals surface area (Å²) in [7, 11) is -2.30. The molecule has 10 heteroatoms. The van der Waals surface area contributed by atoms with E-state index in [1.807, 2.05) is 0 Å². The lowest BCUT2D eigenvalue weighted by molar-refractivity contribution is -0.119. The molecule has 0 spiro atoms. The quantitative estimate of drug-likeness (QED) is 0.522. The molecule has 0 bridgehead atoms. The number of carbonyl (C=O) groups excluding carboxylic acids is 1. The molecular formula is C18H20ClN3O5S. The molecular weight excluding hydrogens is 406 g/mol. The number of hydrogen-bond acceptors (Lipinski definition) is 6. The first-order chi connectivity index (χ1) is 13.1. The van der Waals surface area contributed by atoms with E-state index in [1.165, 1.54) is 31.5 Å². The molecule has 0 unspecified atom stereocenters. The minimum atomic E-state index is -3.72. The van der Waals surface area contributed by atoms with E-state index in [0.717, 1.165) is 16.1 Å². The molecule has 8 nitrogen and oxygen atoms in total. The zero-order valence-corrected chi connectivity index (χ0v) is 17.1. The predicted molar refractivity (Wildman–Crippen MR) is 109 cm³/mol. The SMILES string of the molecule is COc1cc(/C=N\NC(=O)CN(c2ccc(C)c(Cl)c2)S(C)(=O)=O)ccc1O. The molecule has 0 heterocycles. The Kier molecular flexibility index (Phi) is 6.87. The van der Waals surface area contributed by atoms with Crippen LogP contribution in [0.1, 0.15) is 11.1 Å². The molecule has 2 aromatic carbocycles. The molecule has 150 valence electrons. The number of sulfonamides is 1. The maximum absolute atomic E-state index is 12.2. The number of aromatic hydroxyl groups is 1. The summed E-state index contributed by atoms with van der Waals surface area (Å²) in [6.45, 7) is 1.32. The number of hydrazone groups is 1. The van der Waals surface area contributed by atoms with E-state index in [2.05, 4.69) is 10.5 Å². The van der Waals surface area contributed by atoms with Crippen molar-refractivity contribution in [1.82, 2.24) is 5.43 Å². The normalized spacial score (nSPS) is 11.4. The summed E-state index contributed by atoms with van der Waals surface area (Å²) in [5, 5.41) is 13.7. The number of phenolic OH excluding ortho intramolecular Hbond substituents is 1. The number of aryl methyl sites for hydroxylation is 1. The highest BCUT2D eigenvalue weighted by molar-refractivity contribution is 7.92. The third kappa shape index (κ3) is 5.61. The largest absolute Gasteiger partial charge is 0.504 e. The van der Waals surface area contributed by atoms with Crippen molar-refractivity contribution in [1.29, 1.82) is 0 Å². The number of rotatable bonds is 7. The molecule has 1 amide bonds. The fraction of sp³-hybridized carbons (Fsp3) is 0.222. The van der Waals surface area contributed by atoms with Crippen molar-refractivity contribution < 1.29 is 23.1 Å². The number of carbonyl (C=O) groups is 1. The van der Waals surface area contributed by atoms with Crippen molar-refractivity contribution in [2.24, 2.45) is 5.10 Å². The lowest BCUT2D eigenvalue weighted by Gasteiger charge is -2.21. The van der Waals surface area contributed by atoms with Crippen molar-refractivity contribution in [3.63, 3.8) is 0 Å². The van der Waals surface area contributed by atoms with Gasteiger partial charge in [-0.05, 0) is 48.4 Å². The number of methoxy groups -OCH3 is 1. The molecule has 0 saturated carbocycles. The number of anilines is 1. The second-order valence-corrected chi connectivity index (χ2v) is 8.24. The van der Waals surface area contributed by atoms with E-state index in [4.69, 9.17) is 16.3 Å². The standard InChI is InChI=1S/C18H20ClN3O5S/c1-12-4-6-14(9-15(12)19)22(28(3,25)26)11-18(24)21-20-10-13-5-7-16(23)17(8-13)27-2/h4-10,23H,11H2,1-3H3,(H,21,24)/b20-10-. The predicted octanol–water partition coefficient (Wildman–Crippen LogP) is 2.28. The summed E-state index contributed by atoms with van der Waals surface area (Å²) < 4.78 is 30.1. The van der Waals surface area contributed by atoms with E-state index in [1.54, 1.807) is 25.1 Å². The fourth-order valence-corrected chi connectivity index (χ4v) is 3.28. The minimum absolute atomic E-state index is 0.0239. The lowest BCUT2D eigenvalue weighted by Crippen LogP contribution is -2.39. The van der Waals surface area contributed by atoms with Crippen LogP contribution in [-0.4, -0.2) is 45.6 Å². The summed E-state index contributed by atoms with van der Waals surface area (Å²) >= 11 is 6.06. The zero-order valence-electron chi connectivity index (χ0n) is 15.5. The molecule has 2 rings (SSSR count). The topological polar surface area (TPSA) is 108 Å².